The first kappa shape index (κ1) is 34.9. The minimum absolute atomic E-state index is 0.631. The zero-order valence-corrected chi connectivity index (χ0v) is 32.4. The average molecular weight is 759 g/mol. The number of rotatable bonds is 9. The van der Waals surface area contributed by atoms with Gasteiger partial charge in [-0.15, -0.1) is 0 Å². The van der Waals surface area contributed by atoms with Crippen molar-refractivity contribution in [3.8, 4) is 68.3 Å². The number of methoxy groups -OCH3 is 4. The molecule has 10 rings (SSSR count). The van der Waals surface area contributed by atoms with Gasteiger partial charge in [0, 0.05) is 38.2 Å². The molecule has 0 aliphatic rings. The van der Waals surface area contributed by atoms with Gasteiger partial charge in [0.1, 0.15) is 23.0 Å². The molecule has 0 aliphatic heterocycles. The second-order valence-electron chi connectivity index (χ2n) is 14.1. The minimum atomic E-state index is 0.631. The van der Waals surface area contributed by atoms with E-state index in [9.17, 15) is 0 Å². The molecule has 0 fully saturated rings. The van der Waals surface area contributed by atoms with Crippen LogP contribution in [0.5, 0.6) is 23.0 Å². The molecule has 0 atom stereocenters. The fraction of sp³-hybridized carbons (Fsp3) is 0.0800. The lowest BCUT2D eigenvalue weighted by Crippen LogP contribution is -2.06. The van der Waals surface area contributed by atoms with Gasteiger partial charge in [0.2, 0.25) is 0 Å². The molecule has 3 aromatic heterocycles. The molecule has 7 aromatic carbocycles. The van der Waals surface area contributed by atoms with E-state index in [1.807, 2.05) is 60.7 Å². The van der Waals surface area contributed by atoms with Gasteiger partial charge in [0.05, 0.1) is 73.3 Å². The summed E-state index contributed by atoms with van der Waals surface area (Å²) in [5, 5.41) is 4.16. The van der Waals surface area contributed by atoms with Gasteiger partial charge in [-0.25, -0.2) is 9.97 Å². The van der Waals surface area contributed by atoms with E-state index in [2.05, 4.69) is 106 Å². The molecule has 0 radical (unpaired) electrons. The van der Waals surface area contributed by atoms with Gasteiger partial charge in [0.25, 0.3) is 0 Å². The summed E-state index contributed by atoms with van der Waals surface area (Å²) in [7, 11) is 6.79. The molecule has 282 valence electrons. The van der Waals surface area contributed by atoms with Crippen LogP contribution in [0.1, 0.15) is 0 Å². The van der Waals surface area contributed by atoms with Crippen LogP contribution in [0.25, 0.3) is 88.9 Å². The van der Waals surface area contributed by atoms with E-state index in [0.29, 0.717) is 5.82 Å². The van der Waals surface area contributed by atoms with E-state index in [1.54, 1.807) is 28.4 Å². The van der Waals surface area contributed by atoms with Crippen LogP contribution in [-0.4, -0.2) is 47.5 Å². The Morgan fingerprint density at radius 1 is 0.362 bits per heavy atom. The van der Waals surface area contributed by atoms with Gasteiger partial charge in [-0.05, 0) is 91.0 Å². The highest BCUT2D eigenvalue weighted by Gasteiger charge is 2.25. The maximum Gasteiger partial charge on any atom is 0.160 e. The second-order valence-corrected chi connectivity index (χ2v) is 14.1. The number of ether oxygens (including phenoxy) is 4. The molecule has 58 heavy (non-hydrogen) atoms. The summed E-state index contributed by atoms with van der Waals surface area (Å²) in [5.74, 6) is 3.72. The molecule has 0 amide bonds. The van der Waals surface area contributed by atoms with Crippen LogP contribution >= 0.6 is 0 Å². The number of hydrogen-bond donors (Lipinski definition) is 0. The molecule has 0 saturated carbocycles. The van der Waals surface area contributed by atoms with Crippen LogP contribution in [0, 0.1) is 0 Å². The lowest BCUT2D eigenvalue weighted by molar-refractivity contribution is 0.415. The third-order valence-corrected chi connectivity index (χ3v) is 10.9. The van der Waals surface area contributed by atoms with E-state index in [-0.39, 0.29) is 0 Å². The Labute approximate surface area is 335 Å². The summed E-state index contributed by atoms with van der Waals surface area (Å²) >= 11 is 0. The number of hydrogen-bond acceptors (Lipinski definition) is 6. The van der Waals surface area contributed by atoms with Gasteiger partial charge in [-0.3, -0.25) is 0 Å². The predicted molar refractivity (Wildman–Crippen MR) is 233 cm³/mol. The Balaban J connectivity index is 1.38. The maximum absolute atomic E-state index is 5.75. The number of fused-ring (bicyclic) bond motifs is 6. The molecule has 8 heteroatoms. The first-order valence-electron chi connectivity index (χ1n) is 19.0. The monoisotopic (exact) mass is 758 g/mol. The van der Waals surface area contributed by atoms with Crippen molar-refractivity contribution in [2.24, 2.45) is 0 Å². The highest BCUT2D eigenvalue weighted by atomic mass is 16.5. The highest BCUT2D eigenvalue weighted by Crippen LogP contribution is 2.44. The molecule has 10 aromatic rings. The molecule has 0 spiro atoms. The van der Waals surface area contributed by atoms with Crippen molar-refractivity contribution in [3.63, 3.8) is 0 Å². The van der Waals surface area contributed by atoms with E-state index in [1.165, 1.54) is 0 Å². The van der Waals surface area contributed by atoms with E-state index in [0.717, 1.165) is 106 Å². The van der Waals surface area contributed by atoms with Crippen molar-refractivity contribution in [3.05, 3.63) is 158 Å². The topological polar surface area (TPSA) is 72.6 Å². The summed E-state index contributed by atoms with van der Waals surface area (Å²) < 4.78 is 27.7. The zero-order chi connectivity index (χ0) is 39.3. The molecule has 8 nitrogen and oxygen atoms in total. The molecule has 0 aliphatic carbocycles. The number of benzene rings is 7. The summed E-state index contributed by atoms with van der Waals surface area (Å²) in [6.45, 7) is 0. The number of aromatic nitrogens is 4. The van der Waals surface area contributed by atoms with Crippen LogP contribution < -0.4 is 18.9 Å². The van der Waals surface area contributed by atoms with Gasteiger partial charge >= 0.3 is 0 Å². The first-order valence-corrected chi connectivity index (χ1v) is 19.0. The standard InChI is InChI=1S/C50H38N4O4/c1-55-33-18-22-43-37(26-33)38-27-34(56-2)19-23-44(38)53(43)47-16-11-17-48(54-45-24-20-35(57-3)28-39(45)40-29-36(58-4)21-25-46(40)54)49(47)42-30-41(31-12-7-5-8-13-31)51-50(52-42)32-14-9-6-10-15-32/h5-30H,1-4H3. The smallest absolute Gasteiger partial charge is 0.160 e. The van der Waals surface area contributed by atoms with Crippen molar-refractivity contribution in [1.29, 1.82) is 0 Å². The molecule has 0 N–H and O–H groups in total. The fourth-order valence-corrected chi connectivity index (χ4v) is 8.20. The second kappa shape index (κ2) is 14.2. The van der Waals surface area contributed by atoms with Crippen molar-refractivity contribution in [2.75, 3.05) is 28.4 Å². The average Bonchev–Trinajstić information content (AvgIpc) is 3.79. The summed E-state index contributed by atoms with van der Waals surface area (Å²) in [6, 6.07) is 54.0. The summed E-state index contributed by atoms with van der Waals surface area (Å²) in [5.41, 5.74) is 10.4. The quantitative estimate of drug-likeness (QED) is 0.146. The third-order valence-electron chi connectivity index (χ3n) is 10.9. The van der Waals surface area contributed by atoms with Crippen molar-refractivity contribution in [2.45, 2.75) is 0 Å². The molecular weight excluding hydrogens is 721 g/mol. The molecule has 0 bridgehead atoms. The van der Waals surface area contributed by atoms with Crippen LogP contribution in [-0.2, 0) is 0 Å². The van der Waals surface area contributed by atoms with Crippen LogP contribution in [0.4, 0.5) is 0 Å². The predicted octanol–water partition coefficient (Wildman–Crippen LogP) is 11.7. The van der Waals surface area contributed by atoms with Gasteiger partial charge in [-0.1, -0.05) is 66.7 Å². The largest absolute Gasteiger partial charge is 0.497 e. The number of nitrogens with zero attached hydrogens (tertiary/aromatic N) is 4. The van der Waals surface area contributed by atoms with Crippen LogP contribution in [0.2, 0.25) is 0 Å². The normalized spacial score (nSPS) is 11.4. The summed E-state index contributed by atoms with van der Waals surface area (Å²) in [6.07, 6.45) is 0. The Bertz CT molecular complexity index is 2840. The lowest BCUT2D eigenvalue weighted by Gasteiger charge is -2.20. The Kier molecular flexibility index (Phi) is 8.52. The minimum Gasteiger partial charge on any atom is -0.497 e. The Hall–Kier alpha value is -7.58. The van der Waals surface area contributed by atoms with Gasteiger partial charge < -0.3 is 28.1 Å². The lowest BCUT2D eigenvalue weighted by atomic mass is 10.0. The van der Waals surface area contributed by atoms with E-state index >= 15 is 0 Å². The van der Waals surface area contributed by atoms with Crippen LogP contribution in [0.15, 0.2) is 158 Å². The first-order chi connectivity index (χ1) is 28.6. The summed E-state index contributed by atoms with van der Waals surface area (Å²) in [4.78, 5) is 10.6. The fourth-order valence-electron chi connectivity index (χ4n) is 8.20. The van der Waals surface area contributed by atoms with Gasteiger partial charge in [-0.2, -0.15) is 0 Å². The molecule has 0 unspecified atom stereocenters. The van der Waals surface area contributed by atoms with Crippen LogP contribution in [0.3, 0.4) is 0 Å². The molecule has 3 heterocycles. The molecule has 0 saturated heterocycles. The third kappa shape index (κ3) is 5.68. The van der Waals surface area contributed by atoms with E-state index in [4.69, 9.17) is 28.9 Å². The van der Waals surface area contributed by atoms with Crippen molar-refractivity contribution in [1.82, 2.24) is 19.1 Å². The van der Waals surface area contributed by atoms with E-state index < -0.39 is 0 Å². The van der Waals surface area contributed by atoms with Crippen molar-refractivity contribution < 1.29 is 18.9 Å². The van der Waals surface area contributed by atoms with Crippen molar-refractivity contribution >= 4 is 43.6 Å². The Morgan fingerprint density at radius 2 is 0.741 bits per heavy atom. The SMILES string of the molecule is COc1ccc2c(c1)c1cc(OC)ccc1n2-c1cccc(-n2c3ccc(OC)cc3c3cc(OC)ccc32)c1-c1cc(-c2ccccc2)nc(-c2ccccc2)n1. The highest BCUT2D eigenvalue weighted by molar-refractivity contribution is 6.13. The zero-order valence-electron chi connectivity index (χ0n) is 32.4. The Morgan fingerprint density at radius 3 is 1.14 bits per heavy atom. The molecular formula is C50H38N4O4. The maximum atomic E-state index is 5.75. The van der Waals surface area contributed by atoms with Gasteiger partial charge in [0.15, 0.2) is 5.82 Å².